The van der Waals surface area contributed by atoms with Crippen LogP contribution in [-0.4, -0.2) is 44.8 Å². The van der Waals surface area contributed by atoms with Crippen LogP contribution in [0.2, 0.25) is 0 Å². The van der Waals surface area contributed by atoms with Crippen molar-refractivity contribution in [3.63, 3.8) is 0 Å². The summed E-state index contributed by atoms with van der Waals surface area (Å²) in [4.78, 5) is 27.4. The first-order valence-corrected chi connectivity index (χ1v) is 11.6. The minimum absolute atomic E-state index is 0.0529. The lowest BCUT2D eigenvalue weighted by Crippen LogP contribution is -2.53. The van der Waals surface area contributed by atoms with Crippen LogP contribution in [0.1, 0.15) is 18.4 Å². The number of carbonyl (C=O) groups is 2. The van der Waals surface area contributed by atoms with Gasteiger partial charge in [0.05, 0.1) is 0 Å². The number of nitrogens with zero attached hydrogens (tertiary/aromatic N) is 1. The van der Waals surface area contributed by atoms with Gasteiger partial charge in [0.25, 0.3) is 0 Å². The van der Waals surface area contributed by atoms with Crippen LogP contribution in [0.4, 0.5) is 8.78 Å². The van der Waals surface area contributed by atoms with E-state index in [9.17, 15) is 26.8 Å². The molecule has 2 aromatic rings. The van der Waals surface area contributed by atoms with Gasteiger partial charge in [0.2, 0.25) is 21.8 Å². The first kappa shape index (κ1) is 26.7. The first-order valence-electron chi connectivity index (χ1n) is 10.2. The molecule has 0 aliphatic heterocycles. The number of rotatable bonds is 12. The van der Waals surface area contributed by atoms with Crippen molar-refractivity contribution < 1.29 is 26.8 Å². The van der Waals surface area contributed by atoms with Crippen LogP contribution in [0.3, 0.4) is 0 Å². The van der Waals surface area contributed by atoms with Crippen molar-refractivity contribution in [2.75, 3.05) is 6.54 Å². The molecule has 13 heteroatoms. The average molecular weight is 497 g/mol. The van der Waals surface area contributed by atoms with Crippen molar-refractivity contribution in [1.82, 2.24) is 10.0 Å². The van der Waals surface area contributed by atoms with Crippen LogP contribution in [0.25, 0.3) is 0 Å². The number of sulfonamides is 1. The Bertz CT molecular complexity index is 1120. The van der Waals surface area contributed by atoms with Crippen LogP contribution in [0.5, 0.6) is 0 Å². The number of hydrogen-bond donors (Lipinski definition) is 5. The van der Waals surface area contributed by atoms with Gasteiger partial charge in [-0.15, -0.1) is 0 Å². The molecule has 0 saturated carbocycles. The van der Waals surface area contributed by atoms with E-state index in [4.69, 9.17) is 17.2 Å². The molecule has 10 nitrogen and oxygen atoms in total. The lowest BCUT2D eigenvalue weighted by Gasteiger charge is -2.22. The fourth-order valence-electron chi connectivity index (χ4n) is 3.08. The SMILES string of the molecule is NC(=O)[C@@H](Cc1ccccc1)NC(=O)[C@H](CCCN=C(N)N)NS(=O)(=O)c1c(F)cccc1F. The lowest BCUT2D eigenvalue weighted by molar-refractivity contribution is -0.128. The second-order valence-corrected chi connectivity index (χ2v) is 8.98. The molecule has 2 atom stereocenters. The molecule has 2 rings (SSSR count). The number of amides is 2. The normalized spacial score (nSPS) is 13.0. The van der Waals surface area contributed by atoms with Gasteiger partial charge in [-0.3, -0.25) is 14.6 Å². The summed E-state index contributed by atoms with van der Waals surface area (Å²) in [5.41, 5.74) is 16.6. The third-order valence-corrected chi connectivity index (χ3v) is 6.21. The fraction of sp³-hybridized carbons (Fsp3) is 0.286. The molecule has 0 unspecified atom stereocenters. The second kappa shape index (κ2) is 12.0. The minimum atomic E-state index is -4.80. The molecule has 0 bridgehead atoms. The minimum Gasteiger partial charge on any atom is -0.370 e. The molecule has 0 radical (unpaired) electrons. The zero-order valence-electron chi connectivity index (χ0n) is 18.1. The zero-order chi connectivity index (χ0) is 25.3. The van der Waals surface area contributed by atoms with Crippen molar-refractivity contribution in [3.05, 3.63) is 65.7 Å². The number of aliphatic imine (C=N–C) groups is 1. The van der Waals surface area contributed by atoms with Crippen molar-refractivity contribution in [1.29, 1.82) is 0 Å². The number of guanidine groups is 1. The van der Waals surface area contributed by atoms with Crippen molar-refractivity contribution in [2.45, 2.75) is 36.2 Å². The quantitative estimate of drug-likeness (QED) is 0.155. The van der Waals surface area contributed by atoms with Gasteiger partial charge in [-0.1, -0.05) is 36.4 Å². The number of benzene rings is 2. The Morgan fingerprint density at radius 1 is 0.941 bits per heavy atom. The molecule has 0 spiro atoms. The largest absolute Gasteiger partial charge is 0.370 e. The van der Waals surface area contributed by atoms with E-state index < -0.39 is 50.5 Å². The number of nitrogens with one attached hydrogen (secondary N) is 2. The number of primary amides is 1. The summed E-state index contributed by atoms with van der Waals surface area (Å²) < 4.78 is 55.6. The highest BCUT2D eigenvalue weighted by Crippen LogP contribution is 2.19. The molecule has 8 N–H and O–H groups in total. The lowest BCUT2D eigenvalue weighted by atomic mass is 10.0. The van der Waals surface area contributed by atoms with Crippen LogP contribution in [0.15, 0.2) is 58.4 Å². The molecule has 0 heterocycles. The maximum Gasteiger partial charge on any atom is 0.247 e. The van der Waals surface area contributed by atoms with E-state index in [2.05, 4.69) is 10.3 Å². The Balaban J connectivity index is 2.26. The molecule has 2 aromatic carbocycles. The molecule has 0 aliphatic carbocycles. The Morgan fingerprint density at radius 3 is 2.12 bits per heavy atom. The van der Waals surface area contributed by atoms with Gasteiger partial charge in [0.15, 0.2) is 10.9 Å². The molecular formula is C21H26F2N6O4S. The third kappa shape index (κ3) is 7.78. The maximum atomic E-state index is 14.1. The van der Waals surface area contributed by atoms with Crippen molar-refractivity contribution in [3.8, 4) is 0 Å². The van der Waals surface area contributed by atoms with Gasteiger partial charge < -0.3 is 22.5 Å². The molecule has 0 aromatic heterocycles. The van der Waals surface area contributed by atoms with E-state index in [1.165, 1.54) is 0 Å². The summed E-state index contributed by atoms with van der Waals surface area (Å²) in [6.07, 6.45) is 0.0459. The van der Waals surface area contributed by atoms with Crippen LogP contribution >= 0.6 is 0 Å². The monoisotopic (exact) mass is 496 g/mol. The smallest absolute Gasteiger partial charge is 0.247 e. The standard InChI is InChI=1S/C21H26F2N6O4S/c22-14-8-4-9-15(23)18(14)34(32,33)29-16(10-5-11-27-21(25)26)20(31)28-17(19(24)30)12-13-6-2-1-3-7-13/h1-4,6-9,16-17,29H,5,10-12H2,(H2,24,30)(H,28,31)(H4,25,26,27)/t16-,17+/m0/s1. The summed E-state index contributed by atoms with van der Waals surface area (Å²) in [6.45, 7) is 0.0607. The van der Waals surface area contributed by atoms with E-state index in [1.54, 1.807) is 30.3 Å². The highest BCUT2D eigenvalue weighted by molar-refractivity contribution is 7.89. The fourth-order valence-corrected chi connectivity index (χ4v) is 4.44. The summed E-state index contributed by atoms with van der Waals surface area (Å²) in [7, 11) is -4.80. The van der Waals surface area contributed by atoms with Crippen LogP contribution in [-0.2, 0) is 26.0 Å². The third-order valence-electron chi connectivity index (χ3n) is 4.69. The van der Waals surface area contributed by atoms with E-state index in [0.717, 1.165) is 18.2 Å². The van der Waals surface area contributed by atoms with E-state index in [1.807, 2.05) is 4.72 Å². The molecule has 0 fully saturated rings. The number of halogens is 2. The van der Waals surface area contributed by atoms with Gasteiger partial charge in [0.1, 0.15) is 23.7 Å². The van der Waals surface area contributed by atoms with E-state index >= 15 is 0 Å². The van der Waals surface area contributed by atoms with Gasteiger partial charge in [-0.2, -0.15) is 4.72 Å². The zero-order valence-corrected chi connectivity index (χ0v) is 18.9. The van der Waals surface area contributed by atoms with Gasteiger partial charge >= 0.3 is 0 Å². The Morgan fingerprint density at radius 2 is 1.56 bits per heavy atom. The van der Waals surface area contributed by atoms with Crippen molar-refractivity contribution >= 4 is 27.8 Å². The van der Waals surface area contributed by atoms with Gasteiger partial charge in [0, 0.05) is 13.0 Å². The molecular weight excluding hydrogens is 470 g/mol. The predicted octanol–water partition coefficient (Wildman–Crippen LogP) is -0.122. The maximum absolute atomic E-state index is 14.1. The summed E-state index contributed by atoms with van der Waals surface area (Å²) in [5, 5.41) is 2.40. The molecule has 2 amide bonds. The number of carbonyl (C=O) groups excluding carboxylic acids is 2. The van der Waals surface area contributed by atoms with E-state index in [0.29, 0.717) is 5.56 Å². The highest BCUT2D eigenvalue weighted by Gasteiger charge is 2.31. The average Bonchev–Trinajstić information content (AvgIpc) is 2.75. The number of nitrogens with two attached hydrogens (primary N) is 3. The van der Waals surface area contributed by atoms with Crippen LogP contribution < -0.4 is 27.2 Å². The number of hydrogen-bond acceptors (Lipinski definition) is 5. The Labute approximate surface area is 195 Å². The molecule has 34 heavy (non-hydrogen) atoms. The summed E-state index contributed by atoms with van der Waals surface area (Å²) in [5.74, 6) is -4.62. The Hall–Kier alpha value is -3.58. The summed E-state index contributed by atoms with van der Waals surface area (Å²) in [6, 6.07) is 8.56. The summed E-state index contributed by atoms with van der Waals surface area (Å²) >= 11 is 0. The molecule has 184 valence electrons. The predicted molar refractivity (Wildman–Crippen MR) is 122 cm³/mol. The van der Waals surface area contributed by atoms with Gasteiger partial charge in [-0.25, -0.2) is 17.2 Å². The Kier molecular flexibility index (Phi) is 9.45. The van der Waals surface area contributed by atoms with Crippen LogP contribution in [0, 0.1) is 11.6 Å². The molecule has 0 saturated heterocycles. The first-order chi connectivity index (χ1) is 16.0. The topological polar surface area (TPSA) is 183 Å². The van der Waals surface area contributed by atoms with Gasteiger partial charge in [-0.05, 0) is 30.5 Å². The molecule has 0 aliphatic rings. The van der Waals surface area contributed by atoms with E-state index in [-0.39, 0.29) is 31.8 Å². The highest BCUT2D eigenvalue weighted by atomic mass is 32.2. The van der Waals surface area contributed by atoms with Crippen molar-refractivity contribution in [2.24, 2.45) is 22.2 Å². The second-order valence-electron chi connectivity index (χ2n) is 7.33.